The highest BCUT2D eigenvalue weighted by atomic mass is 32.2. The Morgan fingerprint density at radius 3 is 2.36 bits per heavy atom. The summed E-state index contributed by atoms with van der Waals surface area (Å²) >= 11 is 0. The second-order valence-corrected chi connectivity index (χ2v) is 12.2. The van der Waals surface area contributed by atoms with Gasteiger partial charge < -0.3 is 19.5 Å². The predicted octanol–water partition coefficient (Wildman–Crippen LogP) is 6.73. The molecule has 10 nitrogen and oxygen atoms in total. The maximum atomic E-state index is 13.6. The number of carbonyl (C=O) groups is 2. The number of aryl methyl sites for hydroxylation is 1. The number of benzene rings is 2. The lowest BCUT2D eigenvalue weighted by Crippen LogP contribution is -2.22. The number of nitrogens with one attached hydrogen (secondary N) is 1. The van der Waals surface area contributed by atoms with Crippen LogP contribution < -0.4 is 14.8 Å². The molecule has 0 aliphatic heterocycles. The zero-order valence-corrected chi connectivity index (χ0v) is 24.3. The summed E-state index contributed by atoms with van der Waals surface area (Å²) in [5.74, 6) is -1.62. The summed E-state index contributed by atoms with van der Waals surface area (Å²) in [7, 11) is -2.02. The highest BCUT2D eigenvalue weighted by molar-refractivity contribution is 7.93. The molecule has 1 heterocycles. The second-order valence-electron chi connectivity index (χ2n) is 9.94. The van der Waals surface area contributed by atoms with E-state index < -0.39 is 45.1 Å². The molecule has 0 aliphatic carbocycles. The lowest BCUT2D eigenvalue weighted by molar-refractivity contribution is -0.141. The smallest absolute Gasteiger partial charge is 0.442 e. The first-order chi connectivity index (χ1) is 19.4. The van der Waals surface area contributed by atoms with Gasteiger partial charge in [0.1, 0.15) is 16.9 Å². The van der Waals surface area contributed by atoms with Gasteiger partial charge >= 0.3 is 12.3 Å². The van der Waals surface area contributed by atoms with Gasteiger partial charge in [0.25, 0.3) is 5.91 Å². The van der Waals surface area contributed by atoms with E-state index in [9.17, 15) is 27.0 Å². The van der Waals surface area contributed by atoms with Crippen molar-refractivity contribution in [3.05, 3.63) is 70.9 Å². The summed E-state index contributed by atoms with van der Waals surface area (Å²) in [5.41, 5.74) is -2.27. The van der Waals surface area contributed by atoms with E-state index in [1.54, 1.807) is 20.8 Å². The van der Waals surface area contributed by atoms with Gasteiger partial charge in [0.05, 0.1) is 28.5 Å². The first-order valence-electron chi connectivity index (χ1n) is 12.1. The Bertz CT molecular complexity index is 1700. The number of ether oxygens (including phenoxy) is 3. The maximum Gasteiger partial charge on any atom is 0.442 e. The fourth-order valence-corrected chi connectivity index (χ4v) is 4.65. The Morgan fingerprint density at radius 1 is 1.07 bits per heavy atom. The van der Waals surface area contributed by atoms with Crippen molar-refractivity contribution in [2.75, 3.05) is 18.7 Å². The van der Waals surface area contributed by atoms with Crippen LogP contribution >= 0.6 is 0 Å². The average Bonchev–Trinajstić information content (AvgIpc) is 2.86. The average molecular weight is 605 g/mol. The summed E-state index contributed by atoms with van der Waals surface area (Å²) in [6.07, 6.45) is -4.66. The molecule has 0 unspecified atom stereocenters. The first kappa shape index (κ1) is 31.9. The SMILES string of the molecule is COc1cc(C#N)ccc1Oc1nc(C(F)(F)F)cc(C)c1C(=O)Nc1cccc([S@@](C)(=O)=NC(=O)OC(C)(C)C)c1. The lowest BCUT2D eigenvalue weighted by atomic mass is 10.1. The molecule has 222 valence electrons. The largest absolute Gasteiger partial charge is 0.493 e. The molecular weight excluding hydrogens is 577 g/mol. The number of hydrogen-bond donors (Lipinski definition) is 1. The van der Waals surface area contributed by atoms with E-state index in [4.69, 9.17) is 19.5 Å². The fourth-order valence-electron chi connectivity index (χ4n) is 3.54. The number of methoxy groups -OCH3 is 1. The number of amides is 2. The summed E-state index contributed by atoms with van der Waals surface area (Å²) < 4.78 is 73.6. The summed E-state index contributed by atoms with van der Waals surface area (Å²) in [6, 6.07) is 12.2. The van der Waals surface area contributed by atoms with Gasteiger partial charge in [-0.25, -0.2) is 14.0 Å². The van der Waals surface area contributed by atoms with Gasteiger partial charge in [0.15, 0.2) is 11.5 Å². The van der Waals surface area contributed by atoms with Crippen LogP contribution in [0.3, 0.4) is 0 Å². The molecule has 0 saturated heterocycles. The van der Waals surface area contributed by atoms with E-state index >= 15 is 0 Å². The molecule has 42 heavy (non-hydrogen) atoms. The third-order valence-corrected chi connectivity index (χ3v) is 7.00. The van der Waals surface area contributed by atoms with Crippen LogP contribution in [0.4, 0.5) is 23.7 Å². The van der Waals surface area contributed by atoms with Crippen molar-refractivity contribution >= 4 is 27.4 Å². The molecule has 1 atom stereocenters. The molecule has 0 spiro atoms. The summed E-state index contributed by atoms with van der Waals surface area (Å²) in [6.45, 7) is 6.16. The van der Waals surface area contributed by atoms with Crippen molar-refractivity contribution < 1.29 is 41.2 Å². The molecule has 3 aromatic rings. The predicted molar refractivity (Wildman–Crippen MR) is 147 cm³/mol. The van der Waals surface area contributed by atoms with Gasteiger partial charge in [-0.05, 0) is 69.7 Å². The quantitative estimate of drug-likeness (QED) is 0.327. The van der Waals surface area contributed by atoms with E-state index in [1.807, 2.05) is 6.07 Å². The molecule has 1 N–H and O–H groups in total. The summed E-state index contributed by atoms with van der Waals surface area (Å²) in [5, 5.41) is 11.7. The number of nitriles is 1. The van der Waals surface area contributed by atoms with Crippen LogP contribution in [0.1, 0.15) is 48.0 Å². The first-order valence-corrected chi connectivity index (χ1v) is 14.1. The van der Waals surface area contributed by atoms with Crippen LogP contribution in [0.5, 0.6) is 17.4 Å². The van der Waals surface area contributed by atoms with Crippen LogP contribution in [0.2, 0.25) is 0 Å². The second kappa shape index (κ2) is 12.1. The van der Waals surface area contributed by atoms with Crippen molar-refractivity contribution in [2.24, 2.45) is 4.36 Å². The van der Waals surface area contributed by atoms with Crippen LogP contribution in [-0.4, -0.2) is 40.2 Å². The van der Waals surface area contributed by atoms with Crippen molar-refractivity contribution in [1.29, 1.82) is 5.26 Å². The van der Waals surface area contributed by atoms with Gasteiger partial charge in [0.2, 0.25) is 5.88 Å². The van der Waals surface area contributed by atoms with Crippen LogP contribution in [0, 0.1) is 18.3 Å². The number of pyridine rings is 1. The molecule has 14 heteroatoms. The van der Waals surface area contributed by atoms with E-state index in [0.29, 0.717) is 6.07 Å². The van der Waals surface area contributed by atoms with Crippen molar-refractivity contribution in [3.63, 3.8) is 0 Å². The molecule has 0 saturated carbocycles. The number of halogens is 3. The zero-order chi connectivity index (χ0) is 31.5. The molecule has 0 radical (unpaired) electrons. The minimum atomic E-state index is -4.85. The molecule has 0 aliphatic rings. The topological polar surface area (TPSA) is 140 Å². The molecule has 2 aromatic carbocycles. The van der Waals surface area contributed by atoms with Gasteiger partial charge in [-0.2, -0.15) is 18.4 Å². The normalized spacial score (nSPS) is 12.9. The maximum absolute atomic E-state index is 13.6. The van der Waals surface area contributed by atoms with E-state index in [-0.39, 0.29) is 38.8 Å². The molecular formula is C28H27F3N4O6S. The monoisotopic (exact) mass is 604 g/mol. The molecule has 1 aromatic heterocycles. The number of hydrogen-bond acceptors (Lipinski definition) is 8. The van der Waals surface area contributed by atoms with Crippen LogP contribution in [0.25, 0.3) is 0 Å². The van der Waals surface area contributed by atoms with Gasteiger partial charge in [-0.15, -0.1) is 4.36 Å². The van der Waals surface area contributed by atoms with Gasteiger partial charge in [-0.3, -0.25) is 4.79 Å². The molecule has 3 rings (SSSR count). The standard InChI is InChI=1S/C28H27F3N4O6S/c1-16-12-22(28(29,30)31)34-25(40-20-11-10-17(15-32)13-21(20)39-5)23(16)24(36)33-18-8-7-9-19(14-18)42(6,38)35-26(37)41-27(2,3)4/h7-14H,1-6H3,(H,33,36)/t42-/m1/s1. The number of carbonyl (C=O) groups excluding carboxylic acids is 2. The van der Waals surface area contributed by atoms with Crippen LogP contribution in [-0.2, 0) is 20.6 Å². The highest BCUT2D eigenvalue weighted by Gasteiger charge is 2.35. The Hall–Kier alpha value is -4.64. The number of nitrogens with zero attached hydrogens (tertiary/aromatic N) is 3. The van der Waals surface area contributed by atoms with Crippen molar-refractivity contribution in [1.82, 2.24) is 4.98 Å². The third-order valence-electron chi connectivity index (χ3n) is 5.37. The lowest BCUT2D eigenvalue weighted by Gasteiger charge is -2.18. The minimum Gasteiger partial charge on any atom is -0.493 e. The molecule has 0 bridgehead atoms. The fraction of sp³-hybridized carbons (Fsp3) is 0.286. The number of aromatic nitrogens is 1. The van der Waals surface area contributed by atoms with Gasteiger partial charge in [-0.1, -0.05) is 6.07 Å². The minimum absolute atomic E-state index is 0.0245. The van der Waals surface area contributed by atoms with Crippen molar-refractivity contribution in [3.8, 4) is 23.4 Å². The highest BCUT2D eigenvalue weighted by Crippen LogP contribution is 2.37. The van der Waals surface area contributed by atoms with E-state index in [1.165, 1.54) is 62.8 Å². The van der Waals surface area contributed by atoms with E-state index in [2.05, 4.69) is 14.7 Å². The van der Waals surface area contributed by atoms with Crippen LogP contribution in [0.15, 0.2) is 57.8 Å². The van der Waals surface area contributed by atoms with Crippen molar-refractivity contribution in [2.45, 2.75) is 44.4 Å². The number of anilines is 1. The third kappa shape index (κ3) is 7.97. The number of alkyl halides is 3. The summed E-state index contributed by atoms with van der Waals surface area (Å²) in [4.78, 5) is 29.2. The Labute approximate surface area is 240 Å². The van der Waals surface area contributed by atoms with E-state index in [0.717, 1.165) is 0 Å². The Balaban J connectivity index is 2.03. The molecule has 2 amide bonds. The Kier molecular flexibility index (Phi) is 9.17. The zero-order valence-electron chi connectivity index (χ0n) is 23.5. The molecule has 0 fully saturated rings. The number of rotatable bonds is 6. The van der Waals surface area contributed by atoms with Gasteiger partial charge in [0, 0.05) is 22.9 Å². The Morgan fingerprint density at radius 2 is 1.76 bits per heavy atom.